The fourth-order valence-electron chi connectivity index (χ4n) is 1.50. The third-order valence-corrected chi connectivity index (χ3v) is 2.36. The Bertz CT molecular complexity index is 359. The highest BCUT2D eigenvalue weighted by atomic mass is 15.4. The molecule has 0 N–H and O–H groups in total. The van der Waals surface area contributed by atoms with Crippen LogP contribution in [0.2, 0.25) is 0 Å². The van der Waals surface area contributed by atoms with Crippen molar-refractivity contribution in [1.82, 2.24) is 5.01 Å². The van der Waals surface area contributed by atoms with E-state index in [4.69, 9.17) is 0 Å². The quantitative estimate of drug-likeness (QED) is 0.542. The van der Waals surface area contributed by atoms with E-state index in [9.17, 15) is 0 Å². The van der Waals surface area contributed by atoms with Gasteiger partial charge in [0.2, 0.25) is 0 Å². The number of allylic oxidation sites excluding steroid dienone is 1. The van der Waals surface area contributed by atoms with Crippen LogP contribution in [0.1, 0.15) is 31.9 Å². The third-order valence-electron chi connectivity index (χ3n) is 2.36. The average molecular weight is 216 g/mol. The number of rotatable bonds is 5. The van der Waals surface area contributed by atoms with Crippen LogP contribution in [-0.2, 0) is 13.0 Å². The topological polar surface area (TPSA) is 15.6 Å². The maximum absolute atomic E-state index is 3.97. The lowest BCUT2D eigenvalue weighted by Crippen LogP contribution is -2.09. The minimum Gasteiger partial charge on any atom is -0.269 e. The Labute approximate surface area is 98.3 Å². The summed E-state index contributed by atoms with van der Waals surface area (Å²) < 4.78 is 0. The largest absolute Gasteiger partial charge is 0.269 e. The van der Waals surface area contributed by atoms with E-state index >= 15 is 0 Å². The van der Waals surface area contributed by atoms with E-state index in [0.717, 1.165) is 13.0 Å². The van der Waals surface area contributed by atoms with Crippen molar-refractivity contribution in [2.75, 3.05) is 0 Å². The molecule has 0 aliphatic heterocycles. The summed E-state index contributed by atoms with van der Waals surface area (Å²) in [7, 11) is 0. The Kier molecular flexibility index (Phi) is 4.77. The minimum absolute atomic E-state index is 0.776. The monoisotopic (exact) mass is 216 g/mol. The molecule has 0 aliphatic carbocycles. The van der Waals surface area contributed by atoms with Crippen molar-refractivity contribution in [1.29, 1.82) is 0 Å². The van der Waals surface area contributed by atoms with Crippen LogP contribution < -0.4 is 0 Å². The maximum Gasteiger partial charge on any atom is 0.0659 e. The molecule has 0 saturated carbocycles. The van der Waals surface area contributed by atoms with E-state index in [1.807, 2.05) is 11.2 Å². The van der Waals surface area contributed by atoms with Crippen LogP contribution in [0, 0.1) is 0 Å². The predicted octanol–water partition coefficient (Wildman–Crippen LogP) is 3.59. The molecular formula is C14H20N2. The molecule has 1 aromatic rings. The average Bonchev–Trinajstić information content (AvgIpc) is 2.28. The van der Waals surface area contributed by atoms with Gasteiger partial charge in [-0.2, -0.15) is 5.10 Å². The molecule has 86 valence electrons. The molecule has 0 saturated heterocycles. The van der Waals surface area contributed by atoms with E-state index in [-0.39, 0.29) is 0 Å². The molecule has 2 nitrogen and oxygen atoms in total. The molecule has 0 radical (unpaired) electrons. The molecule has 0 unspecified atom stereocenters. The fraction of sp³-hybridized carbons (Fsp3) is 0.357. The summed E-state index contributed by atoms with van der Waals surface area (Å²) in [6.07, 6.45) is 3.08. The van der Waals surface area contributed by atoms with Crippen LogP contribution in [-0.4, -0.2) is 11.7 Å². The summed E-state index contributed by atoms with van der Waals surface area (Å²) >= 11 is 0. The zero-order valence-corrected chi connectivity index (χ0v) is 10.4. The molecule has 0 heterocycles. The van der Waals surface area contributed by atoms with Crippen LogP contribution in [0.4, 0.5) is 0 Å². The Balaban J connectivity index is 2.70. The zero-order chi connectivity index (χ0) is 12.0. The van der Waals surface area contributed by atoms with Gasteiger partial charge in [-0.3, -0.25) is 5.01 Å². The molecule has 0 fully saturated rings. The number of hydrazone groups is 1. The van der Waals surface area contributed by atoms with Gasteiger partial charge in [-0.05, 0) is 31.4 Å². The highest BCUT2D eigenvalue weighted by molar-refractivity contribution is 5.25. The second kappa shape index (κ2) is 6.11. The normalized spacial score (nSPS) is 9.69. The predicted molar refractivity (Wildman–Crippen MR) is 70.3 cm³/mol. The number of hydrogen-bond donors (Lipinski definition) is 0. The van der Waals surface area contributed by atoms with E-state index in [0.29, 0.717) is 0 Å². The maximum atomic E-state index is 3.97. The van der Waals surface area contributed by atoms with Crippen molar-refractivity contribution >= 4 is 6.72 Å². The molecule has 16 heavy (non-hydrogen) atoms. The summed E-state index contributed by atoms with van der Waals surface area (Å²) in [5.74, 6) is 0. The standard InChI is InChI=1S/C14H20N2/c1-5-13-6-8-14(9-7-13)11-16(15-4)10-12(2)3/h6-10H,4-5,11H2,1-3H3. The first kappa shape index (κ1) is 12.5. The number of aryl methyl sites for hydroxylation is 1. The lowest BCUT2D eigenvalue weighted by molar-refractivity contribution is 0.392. The SMILES string of the molecule is C=NN(C=C(C)C)Cc1ccc(CC)cc1. The van der Waals surface area contributed by atoms with Crippen molar-refractivity contribution in [2.24, 2.45) is 5.10 Å². The fourth-order valence-corrected chi connectivity index (χ4v) is 1.50. The summed E-state index contributed by atoms with van der Waals surface area (Å²) in [5.41, 5.74) is 3.84. The number of nitrogens with zero attached hydrogens (tertiary/aromatic N) is 2. The first-order valence-corrected chi connectivity index (χ1v) is 5.61. The highest BCUT2D eigenvalue weighted by Crippen LogP contribution is 2.09. The Morgan fingerprint density at radius 3 is 2.25 bits per heavy atom. The van der Waals surface area contributed by atoms with E-state index in [1.54, 1.807) is 0 Å². The van der Waals surface area contributed by atoms with Crippen molar-refractivity contribution in [3.05, 3.63) is 47.2 Å². The summed E-state index contributed by atoms with van der Waals surface area (Å²) in [6.45, 7) is 10.6. The lowest BCUT2D eigenvalue weighted by atomic mass is 10.1. The van der Waals surface area contributed by atoms with E-state index in [2.05, 4.69) is 56.9 Å². The second-order valence-electron chi connectivity index (χ2n) is 4.12. The van der Waals surface area contributed by atoms with Gasteiger partial charge in [0.1, 0.15) is 0 Å². The Morgan fingerprint density at radius 2 is 1.81 bits per heavy atom. The molecule has 0 spiro atoms. The molecule has 0 bridgehead atoms. The van der Waals surface area contributed by atoms with Crippen molar-refractivity contribution < 1.29 is 0 Å². The van der Waals surface area contributed by atoms with E-state index < -0.39 is 0 Å². The highest BCUT2D eigenvalue weighted by Gasteiger charge is 1.99. The molecule has 0 aliphatic rings. The summed E-state index contributed by atoms with van der Waals surface area (Å²) in [5, 5.41) is 5.83. The summed E-state index contributed by atoms with van der Waals surface area (Å²) in [4.78, 5) is 0. The Morgan fingerprint density at radius 1 is 1.25 bits per heavy atom. The van der Waals surface area contributed by atoms with Crippen molar-refractivity contribution in [2.45, 2.75) is 33.7 Å². The third kappa shape index (κ3) is 3.89. The Hall–Kier alpha value is -1.57. The molecule has 1 aromatic carbocycles. The smallest absolute Gasteiger partial charge is 0.0659 e. The van der Waals surface area contributed by atoms with Gasteiger partial charge in [-0.1, -0.05) is 36.8 Å². The second-order valence-corrected chi connectivity index (χ2v) is 4.12. The first-order valence-electron chi connectivity index (χ1n) is 5.61. The van der Waals surface area contributed by atoms with Crippen LogP contribution in [0.25, 0.3) is 0 Å². The van der Waals surface area contributed by atoms with Gasteiger partial charge in [0.05, 0.1) is 6.54 Å². The van der Waals surface area contributed by atoms with Gasteiger partial charge in [0.25, 0.3) is 0 Å². The molecule has 2 heteroatoms. The molecule has 1 rings (SSSR count). The van der Waals surface area contributed by atoms with Gasteiger partial charge in [0, 0.05) is 12.9 Å². The van der Waals surface area contributed by atoms with Crippen molar-refractivity contribution in [3.8, 4) is 0 Å². The van der Waals surface area contributed by atoms with Gasteiger partial charge in [-0.25, -0.2) is 0 Å². The molecular weight excluding hydrogens is 196 g/mol. The first-order chi connectivity index (χ1) is 7.65. The number of hydrogen-bond acceptors (Lipinski definition) is 2. The minimum atomic E-state index is 0.776. The van der Waals surface area contributed by atoms with Crippen LogP contribution in [0.3, 0.4) is 0 Å². The summed E-state index contributed by atoms with van der Waals surface area (Å²) in [6, 6.07) is 8.63. The molecule has 0 aromatic heterocycles. The van der Waals surface area contributed by atoms with Gasteiger partial charge in [-0.15, -0.1) is 0 Å². The van der Waals surface area contributed by atoms with Crippen LogP contribution in [0.15, 0.2) is 41.1 Å². The van der Waals surface area contributed by atoms with Crippen molar-refractivity contribution in [3.63, 3.8) is 0 Å². The van der Waals surface area contributed by atoms with Gasteiger partial charge >= 0.3 is 0 Å². The lowest BCUT2D eigenvalue weighted by Gasteiger charge is -2.14. The van der Waals surface area contributed by atoms with Gasteiger partial charge < -0.3 is 0 Å². The van der Waals surface area contributed by atoms with Crippen LogP contribution in [0.5, 0.6) is 0 Å². The molecule has 0 amide bonds. The van der Waals surface area contributed by atoms with E-state index in [1.165, 1.54) is 16.7 Å². The van der Waals surface area contributed by atoms with Crippen LogP contribution >= 0.6 is 0 Å². The molecule has 0 atom stereocenters. The number of benzene rings is 1. The zero-order valence-electron chi connectivity index (χ0n) is 10.4. The van der Waals surface area contributed by atoms with Gasteiger partial charge in [0.15, 0.2) is 0 Å².